The maximum Gasteiger partial charge on any atom is 0.226 e. The normalized spacial score (nSPS) is 15.8. The fourth-order valence-corrected chi connectivity index (χ4v) is 3.71. The van der Waals surface area contributed by atoms with Gasteiger partial charge < -0.3 is 4.90 Å². The smallest absolute Gasteiger partial charge is 0.226 e. The van der Waals surface area contributed by atoms with E-state index in [0.29, 0.717) is 13.0 Å². The van der Waals surface area contributed by atoms with Crippen molar-refractivity contribution in [1.82, 2.24) is 4.90 Å². The van der Waals surface area contributed by atoms with Crippen molar-refractivity contribution in [2.45, 2.75) is 45.7 Å². The van der Waals surface area contributed by atoms with Gasteiger partial charge in [0.2, 0.25) is 5.91 Å². The van der Waals surface area contributed by atoms with E-state index in [4.69, 9.17) is 0 Å². The zero-order valence-electron chi connectivity index (χ0n) is 15.6. The van der Waals surface area contributed by atoms with Gasteiger partial charge in [-0.3, -0.25) is 9.69 Å². The molecule has 0 bridgehead atoms. The summed E-state index contributed by atoms with van der Waals surface area (Å²) in [5.74, 6) is 0.0281. The molecule has 1 heterocycles. The standard InChI is InChI=1S/C22H27FN2O/c1-3-22(26)25(20-9-6-7-17(2)15-20)19-11-13-24(14-12-19)16-18-8-4-5-10-21(18)23/h4-10,15,19H,3,11-14,16H2,1-2H3. The van der Waals surface area contributed by atoms with Gasteiger partial charge in [0, 0.05) is 43.3 Å². The Morgan fingerprint density at radius 3 is 2.54 bits per heavy atom. The monoisotopic (exact) mass is 354 g/mol. The van der Waals surface area contributed by atoms with Gasteiger partial charge in [-0.25, -0.2) is 4.39 Å². The van der Waals surface area contributed by atoms with Crippen LogP contribution in [-0.2, 0) is 11.3 Å². The van der Waals surface area contributed by atoms with Crippen molar-refractivity contribution >= 4 is 11.6 Å². The van der Waals surface area contributed by atoms with Crippen molar-refractivity contribution in [3.05, 3.63) is 65.5 Å². The van der Waals surface area contributed by atoms with E-state index in [2.05, 4.69) is 24.0 Å². The van der Waals surface area contributed by atoms with E-state index in [1.54, 1.807) is 6.07 Å². The number of rotatable bonds is 5. The average molecular weight is 354 g/mol. The molecule has 26 heavy (non-hydrogen) atoms. The second kappa shape index (κ2) is 8.45. The topological polar surface area (TPSA) is 23.6 Å². The first-order valence-electron chi connectivity index (χ1n) is 9.43. The molecule has 0 aromatic heterocycles. The van der Waals surface area contributed by atoms with E-state index < -0.39 is 0 Å². The van der Waals surface area contributed by atoms with Gasteiger partial charge in [0.1, 0.15) is 5.82 Å². The van der Waals surface area contributed by atoms with Gasteiger partial charge in [0.25, 0.3) is 0 Å². The number of carbonyl (C=O) groups excluding carboxylic acids is 1. The average Bonchev–Trinajstić information content (AvgIpc) is 2.65. The van der Waals surface area contributed by atoms with Crippen molar-refractivity contribution in [3.8, 4) is 0 Å². The number of carbonyl (C=O) groups is 1. The van der Waals surface area contributed by atoms with Crippen LogP contribution in [0.4, 0.5) is 10.1 Å². The quantitative estimate of drug-likeness (QED) is 0.787. The number of amides is 1. The van der Waals surface area contributed by atoms with Crippen LogP contribution in [0.15, 0.2) is 48.5 Å². The Balaban J connectivity index is 1.68. The highest BCUT2D eigenvalue weighted by molar-refractivity contribution is 5.93. The molecule has 1 saturated heterocycles. The fraction of sp³-hybridized carbons (Fsp3) is 0.409. The van der Waals surface area contributed by atoms with E-state index in [9.17, 15) is 9.18 Å². The molecule has 3 nitrogen and oxygen atoms in total. The Hall–Kier alpha value is -2.20. The zero-order valence-corrected chi connectivity index (χ0v) is 15.6. The van der Waals surface area contributed by atoms with Crippen LogP contribution in [0.25, 0.3) is 0 Å². The van der Waals surface area contributed by atoms with Crippen LogP contribution in [0, 0.1) is 12.7 Å². The van der Waals surface area contributed by atoms with Gasteiger partial charge in [-0.2, -0.15) is 0 Å². The van der Waals surface area contributed by atoms with Gasteiger partial charge in [0.15, 0.2) is 0 Å². The molecule has 0 saturated carbocycles. The van der Waals surface area contributed by atoms with E-state index >= 15 is 0 Å². The molecule has 0 unspecified atom stereocenters. The van der Waals surface area contributed by atoms with Crippen molar-refractivity contribution in [2.24, 2.45) is 0 Å². The van der Waals surface area contributed by atoms with Crippen LogP contribution in [0.3, 0.4) is 0 Å². The van der Waals surface area contributed by atoms with Gasteiger partial charge in [-0.1, -0.05) is 37.3 Å². The van der Waals surface area contributed by atoms with Gasteiger partial charge >= 0.3 is 0 Å². The molecule has 0 radical (unpaired) electrons. The Kier molecular flexibility index (Phi) is 6.04. The minimum atomic E-state index is -0.142. The van der Waals surface area contributed by atoms with E-state index in [1.165, 1.54) is 6.07 Å². The van der Waals surface area contributed by atoms with Crippen LogP contribution >= 0.6 is 0 Å². The minimum absolute atomic E-state index is 0.142. The van der Waals surface area contributed by atoms with Crippen molar-refractivity contribution in [2.75, 3.05) is 18.0 Å². The molecule has 2 aromatic carbocycles. The van der Waals surface area contributed by atoms with Gasteiger partial charge in [-0.05, 0) is 43.5 Å². The summed E-state index contributed by atoms with van der Waals surface area (Å²) in [6, 6.07) is 15.3. The summed E-state index contributed by atoms with van der Waals surface area (Å²) in [4.78, 5) is 16.9. The zero-order chi connectivity index (χ0) is 18.5. The summed E-state index contributed by atoms with van der Waals surface area (Å²) in [7, 11) is 0. The first-order chi connectivity index (χ1) is 12.6. The number of hydrogen-bond donors (Lipinski definition) is 0. The number of hydrogen-bond acceptors (Lipinski definition) is 2. The largest absolute Gasteiger partial charge is 0.309 e. The molecule has 1 fully saturated rings. The fourth-order valence-electron chi connectivity index (χ4n) is 3.71. The van der Waals surface area contributed by atoms with Crippen LogP contribution in [-0.4, -0.2) is 29.9 Å². The van der Waals surface area contributed by atoms with E-state index in [-0.39, 0.29) is 17.8 Å². The Morgan fingerprint density at radius 2 is 1.88 bits per heavy atom. The highest BCUT2D eigenvalue weighted by Gasteiger charge is 2.28. The molecule has 0 spiro atoms. The predicted octanol–water partition coefficient (Wildman–Crippen LogP) is 4.54. The van der Waals surface area contributed by atoms with Crippen molar-refractivity contribution in [3.63, 3.8) is 0 Å². The molecule has 2 aromatic rings. The molecule has 4 heteroatoms. The highest BCUT2D eigenvalue weighted by Crippen LogP contribution is 2.26. The molecular weight excluding hydrogens is 327 g/mol. The van der Waals surface area contributed by atoms with Gasteiger partial charge in [-0.15, -0.1) is 0 Å². The van der Waals surface area contributed by atoms with Crippen molar-refractivity contribution in [1.29, 1.82) is 0 Å². The van der Waals surface area contributed by atoms with Crippen LogP contribution in [0.1, 0.15) is 37.3 Å². The van der Waals surface area contributed by atoms with Crippen LogP contribution in [0.5, 0.6) is 0 Å². The lowest BCUT2D eigenvalue weighted by molar-refractivity contribution is -0.119. The number of likely N-dealkylation sites (tertiary alicyclic amines) is 1. The Bertz CT molecular complexity index is 753. The molecule has 138 valence electrons. The summed E-state index contributed by atoms with van der Waals surface area (Å²) in [5, 5.41) is 0. The number of aryl methyl sites for hydroxylation is 1. The lowest BCUT2D eigenvalue weighted by Crippen LogP contribution is -2.47. The molecule has 1 amide bonds. The third-order valence-corrected chi connectivity index (χ3v) is 5.13. The molecule has 1 aliphatic rings. The predicted molar refractivity (Wildman–Crippen MR) is 104 cm³/mol. The first-order valence-corrected chi connectivity index (χ1v) is 9.43. The van der Waals surface area contributed by atoms with E-state index in [0.717, 1.165) is 42.7 Å². The third-order valence-electron chi connectivity index (χ3n) is 5.13. The SMILES string of the molecule is CCC(=O)N(c1cccc(C)c1)C1CCN(Cc2ccccc2F)CC1. The maximum absolute atomic E-state index is 13.9. The summed E-state index contributed by atoms with van der Waals surface area (Å²) < 4.78 is 13.9. The summed E-state index contributed by atoms with van der Waals surface area (Å²) in [5.41, 5.74) is 2.89. The number of nitrogens with zero attached hydrogens (tertiary/aromatic N) is 2. The molecule has 1 aliphatic heterocycles. The minimum Gasteiger partial charge on any atom is -0.309 e. The summed E-state index contributed by atoms with van der Waals surface area (Å²) >= 11 is 0. The third kappa shape index (κ3) is 4.31. The van der Waals surface area contributed by atoms with Crippen LogP contribution < -0.4 is 4.90 Å². The molecule has 3 rings (SSSR count). The molecular formula is C22H27FN2O. The Morgan fingerprint density at radius 1 is 1.15 bits per heavy atom. The van der Waals surface area contributed by atoms with Crippen LogP contribution in [0.2, 0.25) is 0 Å². The summed E-state index contributed by atoms with van der Waals surface area (Å²) in [6.45, 7) is 6.34. The maximum atomic E-state index is 13.9. The highest BCUT2D eigenvalue weighted by atomic mass is 19.1. The molecule has 0 atom stereocenters. The first kappa shape index (κ1) is 18.6. The summed E-state index contributed by atoms with van der Waals surface area (Å²) in [6.07, 6.45) is 2.33. The second-order valence-electron chi connectivity index (χ2n) is 7.06. The number of halogens is 1. The van der Waals surface area contributed by atoms with Gasteiger partial charge in [0.05, 0.1) is 0 Å². The van der Waals surface area contributed by atoms with Crippen molar-refractivity contribution < 1.29 is 9.18 Å². The lowest BCUT2D eigenvalue weighted by atomic mass is 10.0. The Labute approximate surface area is 155 Å². The molecule has 0 N–H and O–H groups in total. The number of benzene rings is 2. The van der Waals surface area contributed by atoms with E-state index in [1.807, 2.05) is 36.1 Å². The number of piperidine rings is 1. The second-order valence-corrected chi connectivity index (χ2v) is 7.06. The molecule has 0 aliphatic carbocycles. The number of anilines is 1. The lowest BCUT2D eigenvalue weighted by Gasteiger charge is -2.38.